The summed E-state index contributed by atoms with van der Waals surface area (Å²) in [4.78, 5) is 4.81. The third-order valence-electron chi connectivity index (χ3n) is 11.3. The van der Waals surface area contributed by atoms with Crippen LogP contribution in [0, 0.1) is 0 Å². The Bertz CT molecular complexity index is 3260. The van der Waals surface area contributed by atoms with Gasteiger partial charge >= 0.3 is 0 Å². The van der Waals surface area contributed by atoms with E-state index in [1.54, 1.807) is 0 Å². The quantitative estimate of drug-likeness (QED) is 0.185. The zero-order valence-corrected chi connectivity index (χ0v) is 28.1. The largest absolute Gasteiger partial charge is 0.309 e. The van der Waals surface area contributed by atoms with E-state index in [0.717, 1.165) is 5.69 Å². The molecule has 0 atom stereocenters. The van der Waals surface area contributed by atoms with Gasteiger partial charge in [0.1, 0.15) is 0 Å². The first-order valence-electron chi connectivity index (χ1n) is 17.9. The van der Waals surface area contributed by atoms with Crippen molar-refractivity contribution in [1.82, 2.24) is 14.1 Å². The molecule has 0 saturated heterocycles. The lowest BCUT2D eigenvalue weighted by atomic mass is 10.00. The minimum absolute atomic E-state index is 1.07. The second-order valence-corrected chi connectivity index (χ2v) is 14.0. The molecule has 8 aromatic carbocycles. The molecule has 3 heteroatoms. The van der Waals surface area contributed by atoms with Crippen LogP contribution in [0.15, 0.2) is 176 Å². The number of benzene rings is 8. The van der Waals surface area contributed by atoms with Crippen molar-refractivity contribution in [3.05, 3.63) is 176 Å². The highest BCUT2D eigenvalue weighted by Gasteiger charge is 2.25. The summed E-state index contributed by atoms with van der Waals surface area (Å²) in [6.07, 6.45) is 1.90. The zero-order valence-electron chi connectivity index (χ0n) is 28.1. The first-order chi connectivity index (χ1) is 25.8. The maximum atomic E-state index is 4.81. The molecule has 52 heavy (non-hydrogen) atoms. The van der Waals surface area contributed by atoms with Crippen LogP contribution in [0.3, 0.4) is 0 Å². The van der Waals surface area contributed by atoms with Crippen LogP contribution in [0.4, 0.5) is 0 Å². The van der Waals surface area contributed by atoms with Gasteiger partial charge in [-0.15, -0.1) is 0 Å². The predicted octanol–water partition coefficient (Wildman–Crippen LogP) is 12.9. The molecular weight excluding hydrogens is 631 g/mol. The van der Waals surface area contributed by atoms with Crippen LogP contribution in [0.5, 0.6) is 0 Å². The fourth-order valence-corrected chi connectivity index (χ4v) is 9.00. The Balaban J connectivity index is 1.12. The average molecular weight is 660 g/mol. The van der Waals surface area contributed by atoms with E-state index in [0.29, 0.717) is 0 Å². The van der Waals surface area contributed by atoms with E-state index in [4.69, 9.17) is 4.98 Å². The fourth-order valence-electron chi connectivity index (χ4n) is 9.00. The van der Waals surface area contributed by atoms with E-state index in [1.165, 1.54) is 104 Å². The molecule has 12 rings (SSSR count). The lowest BCUT2D eigenvalue weighted by Gasteiger charge is -2.14. The molecule has 0 unspecified atom stereocenters. The molecule has 3 nitrogen and oxygen atoms in total. The second kappa shape index (κ2) is 10.3. The molecule has 1 aliphatic carbocycles. The average Bonchev–Trinajstić information content (AvgIpc) is 3.83. The van der Waals surface area contributed by atoms with Gasteiger partial charge in [0.2, 0.25) is 0 Å². The van der Waals surface area contributed by atoms with E-state index in [2.05, 4.69) is 173 Å². The number of rotatable bonds is 3. The summed E-state index contributed by atoms with van der Waals surface area (Å²) in [5.41, 5.74) is 14.4. The Morgan fingerprint density at radius 1 is 0.365 bits per heavy atom. The Hall–Kier alpha value is -6.97. The van der Waals surface area contributed by atoms with E-state index in [9.17, 15) is 0 Å². The van der Waals surface area contributed by atoms with Crippen molar-refractivity contribution < 1.29 is 0 Å². The minimum atomic E-state index is 1.07. The predicted molar refractivity (Wildman–Crippen MR) is 218 cm³/mol. The van der Waals surface area contributed by atoms with Crippen molar-refractivity contribution in [2.45, 2.75) is 0 Å². The van der Waals surface area contributed by atoms with Gasteiger partial charge in [-0.25, -0.2) is 0 Å². The topological polar surface area (TPSA) is 22.8 Å². The van der Waals surface area contributed by atoms with Crippen LogP contribution in [0.25, 0.3) is 110 Å². The summed E-state index contributed by atoms with van der Waals surface area (Å²) in [7, 11) is 0. The highest BCUT2D eigenvalue weighted by Crippen LogP contribution is 2.48. The number of para-hydroxylation sites is 2. The molecule has 0 radical (unpaired) electrons. The van der Waals surface area contributed by atoms with E-state index in [-0.39, 0.29) is 0 Å². The Morgan fingerprint density at radius 3 is 1.87 bits per heavy atom. The smallest absolute Gasteiger partial charge is 0.0786 e. The zero-order chi connectivity index (χ0) is 33.9. The molecule has 0 spiro atoms. The summed E-state index contributed by atoms with van der Waals surface area (Å²) >= 11 is 0. The van der Waals surface area contributed by atoms with Gasteiger partial charge in [0.05, 0.1) is 33.4 Å². The highest BCUT2D eigenvalue weighted by molar-refractivity contribution is 6.19. The number of hydrogen-bond donors (Lipinski definition) is 0. The van der Waals surface area contributed by atoms with E-state index >= 15 is 0 Å². The normalized spacial score (nSPS) is 12.2. The Labute approximate surface area is 299 Å². The van der Waals surface area contributed by atoms with Crippen LogP contribution in [-0.2, 0) is 0 Å². The van der Waals surface area contributed by atoms with Gasteiger partial charge in [0, 0.05) is 55.3 Å². The van der Waals surface area contributed by atoms with Crippen molar-refractivity contribution in [3.63, 3.8) is 0 Å². The summed E-state index contributed by atoms with van der Waals surface area (Å²) in [6, 6.07) is 62.4. The molecule has 11 aromatic rings. The van der Waals surface area contributed by atoms with Crippen molar-refractivity contribution in [2.75, 3.05) is 0 Å². The van der Waals surface area contributed by atoms with Gasteiger partial charge in [-0.2, -0.15) is 0 Å². The summed E-state index contributed by atoms with van der Waals surface area (Å²) < 4.78 is 4.86. The first-order valence-corrected chi connectivity index (χ1v) is 17.9. The molecule has 0 fully saturated rings. The van der Waals surface area contributed by atoms with Crippen LogP contribution in [0.1, 0.15) is 0 Å². The lowest BCUT2D eigenvalue weighted by Crippen LogP contribution is -1.96. The molecule has 0 amide bonds. The summed E-state index contributed by atoms with van der Waals surface area (Å²) in [6.45, 7) is 0. The fraction of sp³-hybridized carbons (Fsp3) is 0. The first kappa shape index (κ1) is 27.8. The molecule has 0 aliphatic heterocycles. The maximum Gasteiger partial charge on any atom is 0.0786 e. The minimum Gasteiger partial charge on any atom is -0.309 e. The van der Waals surface area contributed by atoms with Crippen molar-refractivity contribution >= 4 is 65.2 Å². The third kappa shape index (κ3) is 3.72. The molecule has 1 aliphatic rings. The lowest BCUT2D eigenvalue weighted by molar-refractivity contribution is 1.18. The number of nitrogens with zero attached hydrogens (tertiary/aromatic N) is 3. The highest BCUT2D eigenvalue weighted by atomic mass is 15.0. The molecular formula is C49H29N3. The van der Waals surface area contributed by atoms with Gasteiger partial charge in [-0.3, -0.25) is 4.98 Å². The molecule has 3 aromatic heterocycles. The molecule has 0 bridgehead atoms. The van der Waals surface area contributed by atoms with Crippen LogP contribution in [-0.4, -0.2) is 14.1 Å². The van der Waals surface area contributed by atoms with Gasteiger partial charge in [0.15, 0.2) is 0 Å². The second-order valence-electron chi connectivity index (χ2n) is 14.0. The molecule has 0 N–H and O–H groups in total. The molecule has 240 valence electrons. The standard InChI is InChI=1S/C49H29N3/c1-2-12-34(13-3-1)51-43-18-7-6-14-35(43)40-27-32(19-22-45(40)51)33-20-23-46-41(28-33)42-26-30-10-4-5-11-31(30)29-47(42)52(46)44-24-21-39-48-36(15-8-16-38(44)48)37-17-9-25-50-49(37)39/h1-29H. The van der Waals surface area contributed by atoms with Crippen molar-refractivity contribution in [3.8, 4) is 44.9 Å². The van der Waals surface area contributed by atoms with Crippen LogP contribution in [0.2, 0.25) is 0 Å². The van der Waals surface area contributed by atoms with Crippen molar-refractivity contribution in [1.29, 1.82) is 0 Å². The Kier molecular flexibility index (Phi) is 5.50. The van der Waals surface area contributed by atoms with Gasteiger partial charge in [0.25, 0.3) is 0 Å². The van der Waals surface area contributed by atoms with Gasteiger partial charge < -0.3 is 9.13 Å². The van der Waals surface area contributed by atoms with Crippen molar-refractivity contribution in [2.24, 2.45) is 0 Å². The van der Waals surface area contributed by atoms with E-state index < -0.39 is 0 Å². The van der Waals surface area contributed by atoms with Gasteiger partial charge in [-0.05, 0) is 94.2 Å². The summed E-state index contributed by atoms with van der Waals surface area (Å²) in [5.74, 6) is 0. The Morgan fingerprint density at radius 2 is 1.02 bits per heavy atom. The number of aromatic nitrogens is 3. The SMILES string of the molecule is c1ccc(-n2c3ccccc3c3cc(-c4ccc5c(c4)c4cc6ccccc6cc4n5-c4ccc5c6c(cccc46)-c4cccnc4-5)ccc32)cc1. The van der Waals surface area contributed by atoms with Gasteiger partial charge in [-0.1, -0.05) is 103 Å². The van der Waals surface area contributed by atoms with E-state index in [1.807, 2.05) is 12.3 Å². The third-order valence-corrected chi connectivity index (χ3v) is 11.3. The number of pyridine rings is 1. The maximum absolute atomic E-state index is 4.81. The van der Waals surface area contributed by atoms with Crippen LogP contribution < -0.4 is 0 Å². The molecule has 0 saturated carbocycles. The number of fused-ring (bicyclic) bond motifs is 10. The number of hydrogen-bond acceptors (Lipinski definition) is 1. The molecule has 3 heterocycles. The summed E-state index contributed by atoms with van der Waals surface area (Å²) in [5, 5.41) is 10.0. The van der Waals surface area contributed by atoms with Crippen LogP contribution >= 0.6 is 0 Å². The monoisotopic (exact) mass is 659 g/mol.